The second-order valence-electron chi connectivity index (χ2n) is 9.35. The SMILES string of the molecule is Cn1nc(-c2ccc3c(c2)CN(C2CCC(=O)NC2=O)C3=O)nc1N1[C@@H]2CCC[C@H]1CC2. The summed E-state index contributed by atoms with van der Waals surface area (Å²) in [6.45, 7) is 0.351. The maximum atomic E-state index is 12.9. The highest BCUT2D eigenvalue weighted by atomic mass is 16.2. The van der Waals surface area contributed by atoms with E-state index in [0.29, 0.717) is 36.4 Å². The fourth-order valence-corrected chi connectivity index (χ4v) is 5.88. The summed E-state index contributed by atoms with van der Waals surface area (Å²) in [5.74, 6) is 0.739. The number of nitrogens with one attached hydrogen (secondary N) is 1. The van der Waals surface area contributed by atoms with Crippen LogP contribution in [0.3, 0.4) is 0 Å². The standard InChI is InChI=1S/C23H26N6O3/c1-27-23(29-15-3-2-4-16(29)7-6-15)25-20(26-27)13-5-8-17-14(11-13)12-28(22(17)32)18-9-10-19(30)24-21(18)31/h5,8,11,15-16,18H,2-4,6-7,9-10,12H2,1H3,(H,24,30,31)/t15-,16+,18?. The van der Waals surface area contributed by atoms with E-state index < -0.39 is 11.9 Å². The molecule has 9 heteroatoms. The Morgan fingerprint density at radius 1 is 1.03 bits per heavy atom. The zero-order valence-electron chi connectivity index (χ0n) is 18.1. The molecule has 1 N–H and O–H groups in total. The van der Waals surface area contributed by atoms with Gasteiger partial charge in [-0.05, 0) is 56.2 Å². The third-order valence-corrected chi connectivity index (χ3v) is 7.45. The molecule has 32 heavy (non-hydrogen) atoms. The summed E-state index contributed by atoms with van der Waals surface area (Å²) in [6.07, 6.45) is 6.79. The average Bonchev–Trinajstić information content (AvgIpc) is 3.38. The number of aromatic nitrogens is 3. The molecular weight excluding hydrogens is 408 g/mol. The van der Waals surface area contributed by atoms with Crippen molar-refractivity contribution < 1.29 is 14.4 Å². The van der Waals surface area contributed by atoms with Gasteiger partial charge in [0.1, 0.15) is 6.04 Å². The number of aryl methyl sites for hydroxylation is 1. The lowest BCUT2D eigenvalue weighted by Crippen LogP contribution is -2.52. The molecule has 166 valence electrons. The van der Waals surface area contributed by atoms with Gasteiger partial charge < -0.3 is 9.80 Å². The van der Waals surface area contributed by atoms with Crippen molar-refractivity contribution in [3.05, 3.63) is 29.3 Å². The van der Waals surface area contributed by atoms with Gasteiger partial charge in [-0.1, -0.05) is 6.07 Å². The first-order valence-electron chi connectivity index (χ1n) is 11.5. The first-order valence-corrected chi connectivity index (χ1v) is 11.5. The minimum Gasteiger partial charge on any atom is -0.335 e. The molecule has 0 radical (unpaired) electrons. The lowest BCUT2D eigenvalue weighted by molar-refractivity contribution is -0.136. The van der Waals surface area contributed by atoms with Gasteiger partial charge in [0.2, 0.25) is 17.8 Å². The van der Waals surface area contributed by atoms with E-state index in [0.717, 1.165) is 17.1 Å². The molecule has 0 spiro atoms. The van der Waals surface area contributed by atoms with Crippen molar-refractivity contribution in [3.8, 4) is 11.4 Å². The Bertz CT molecular complexity index is 1120. The number of hydrogen-bond donors (Lipinski definition) is 1. The second-order valence-corrected chi connectivity index (χ2v) is 9.35. The monoisotopic (exact) mass is 434 g/mol. The first-order chi connectivity index (χ1) is 15.5. The van der Waals surface area contributed by atoms with E-state index in [1.54, 1.807) is 11.0 Å². The predicted octanol–water partition coefficient (Wildman–Crippen LogP) is 1.76. The van der Waals surface area contributed by atoms with Gasteiger partial charge in [-0.15, -0.1) is 5.10 Å². The van der Waals surface area contributed by atoms with Crippen molar-refractivity contribution in [2.24, 2.45) is 7.05 Å². The van der Waals surface area contributed by atoms with Crippen LogP contribution in [0.2, 0.25) is 0 Å². The molecule has 3 fully saturated rings. The highest BCUT2D eigenvalue weighted by Gasteiger charge is 2.40. The van der Waals surface area contributed by atoms with Crippen LogP contribution in [0, 0.1) is 0 Å². The van der Waals surface area contributed by atoms with E-state index in [1.165, 1.54) is 32.1 Å². The molecule has 4 aliphatic heterocycles. The van der Waals surface area contributed by atoms with E-state index in [9.17, 15) is 14.4 Å². The fraction of sp³-hybridized carbons (Fsp3) is 0.522. The Labute approximate surface area is 185 Å². The second kappa shape index (κ2) is 7.15. The smallest absolute Gasteiger partial charge is 0.255 e. The van der Waals surface area contributed by atoms with Crippen molar-refractivity contribution >= 4 is 23.7 Å². The van der Waals surface area contributed by atoms with Gasteiger partial charge in [0.25, 0.3) is 5.91 Å². The first kappa shape index (κ1) is 19.5. The molecule has 1 aromatic heterocycles. The van der Waals surface area contributed by atoms with E-state index in [2.05, 4.69) is 10.2 Å². The van der Waals surface area contributed by atoms with Gasteiger partial charge in [0, 0.05) is 43.2 Å². The van der Waals surface area contributed by atoms with Gasteiger partial charge in [-0.2, -0.15) is 4.98 Å². The third kappa shape index (κ3) is 2.94. The van der Waals surface area contributed by atoms with Crippen LogP contribution in [0.1, 0.15) is 60.9 Å². The van der Waals surface area contributed by atoms with Crippen molar-refractivity contribution in [1.29, 1.82) is 0 Å². The number of rotatable bonds is 3. The minimum atomic E-state index is -0.606. The van der Waals surface area contributed by atoms with Crippen molar-refractivity contribution in [2.75, 3.05) is 4.90 Å². The van der Waals surface area contributed by atoms with Gasteiger partial charge >= 0.3 is 0 Å². The summed E-state index contributed by atoms with van der Waals surface area (Å²) in [4.78, 5) is 45.6. The topological polar surface area (TPSA) is 100 Å². The third-order valence-electron chi connectivity index (χ3n) is 7.45. The fourth-order valence-electron chi connectivity index (χ4n) is 5.88. The number of nitrogens with zero attached hydrogens (tertiary/aromatic N) is 5. The Hall–Kier alpha value is -3.23. The molecule has 5 heterocycles. The number of imide groups is 1. The summed E-state index contributed by atoms with van der Waals surface area (Å²) in [5.41, 5.74) is 2.33. The Morgan fingerprint density at radius 2 is 1.81 bits per heavy atom. The Morgan fingerprint density at radius 3 is 2.56 bits per heavy atom. The summed E-state index contributed by atoms with van der Waals surface area (Å²) in [5, 5.41) is 7.03. The summed E-state index contributed by atoms with van der Waals surface area (Å²) in [7, 11) is 1.95. The normalized spacial score (nSPS) is 27.2. The van der Waals surface area contributed by atoms with Gasteiger partial charge in [-0.3, -0.25) is 19.7 Å². The highest BCUT2D eigenvalue weighted by molar-refractivity contribution is 6.05. The number of anilines is 1. The molecule has 6 rings (SSSR count). The zero-order valence-corrected chi connectivity index (χ0v) is 18.1. The highest BCUT2D eigenvalue weighted by Crippen LogP contribution is 2.39. The van der Waals surface area contributed by atoms with Crippen molar-refractivity contribution in [1.82, 2.24) is 25.0 Å². The molecule has 3 saturated heterocycles. The summed E-state index contributed by atoms with van der Waals surface area (Å²) >= 11 is 0. The molecule has 1 aromatic carbocycles. The molecule has 9 nitrogen and oxygen atoms in total. The molecule has 3 amide bonds. The van der Waals surface area contributed by atoms with Crippen LogP contribution in [0.15, 0.2) is 18.2 Å². The summed E-state index contributed by atoms with van der Waals surface area (Å²) in [6, 6.07) is 6.16. The number of carbonyl (C=O) groups is 3. The van der Waals surface area contributed by atoms with Crippen LogP contribution in [-0.2, 0) is 23.2 Å². The van der Waals surface area contributed by atoms with Crippen LogP contribution in [0.25, 0.3) is 11.4 Å². The lowest BCUT2D eigenvalue weighted by atomic mass is 10.0. The largest absolute Gasteiger partial charge is 0.335 e. The molecular formula is C23H26N6O3. The Kier molecular flexibility index (Phi) is 4.34. The van der Waals surface area contributed by atoms with E-state index in [-0.39, 0.29) is 18.2 Å². The number of piperidine rings is 2. The average molecular weight is 435 g/mol. The molecule has 2 aromatic rings. The number of benzene rings is 1. The van der Waals surface area contributed by atoms with Crippen LogP contribution in [0.4, 0.5) is 5.95 Å². The summed E-state index contributed by atoms with van der Waals surface area (Å²) < 4.78 is 1.88. The van der Waals surface area contributed by atoms with Crippen LogP contribution in [-0.4, -0.2) is 55.5 Å². The number of amides is 3. The van der Waals surface area contributed by atoms with Crippen LogP contribution >= 0.6 is 0 Å². The zero-order chi connectivity index (χ0) is 22.0. The van der Waals surface area contributed by atoms with E-state index in [1.807, 2.05) is 23.9 Å². The Balaban J connectivity index is 1.27. The minimum absolute atomic E-state index is 0.166. The maximum Gasteiger partial charge on any atom is 0.255 e. The van der Waals surface area contributed by atoms with Crippen molar-refractivity contribution in [2.45, 2.75) is 69.6 Å². The molecule has 2 bridgehead atoms. The van der Waals surface area contributed by atoms with E-state index in [4.69, 9.17) is 10.1 Å². The van der Waals surface area contributed by atoms with Crippen LogP contribution in [0.5, 0.6) is 0 Å². The molecule has 3 atom stereocenters. The predicted molar refractivity (Wildman–Crippen MR) is 116 cm³/mol. The molecule has 4 aliphatic rings. The van der Waals surface area contributed by atoms with Crippen LogP contribution < -0.4 is 10.2 Å². The van der Waals surface area contributed by atoms with E-state index >= 15 is 0 Å². The quantitative estimate of drug-likeness (QED) is 0.739. The maximum absolute atomic E-state index is 12.9. The number of hydrogen-bond acceptors (Lipinski definition) is 6. The number of carbonyl (C=O) groups excluding carboxylic acids is 3. The van der Waals surface area contributed by atoms with Crippen molar-refractivity contribution in [3.63, 3.8) is 0 Å². The van der Waals surface area contributed by atoms with Gasteiger partial charge in [0.05, 0.1) is 0 Å². The van der Waals surface area contributed by atoms with Gasteiger partial charge in [0.15, 0.2) is 5.82 Å². The number of fused-ring (bicyclic) bond motifs is 3. The molecule has 0 aliphatic carbocycles. The lowest BCUT2D eigenvalue weighted by Gasteiger charge is -2.34. The van der Waals surface area contributed by atoms with Gasteiger partial charge in [-0.25, -0.2) is 4.68 Å². The molecule has 1 unspecified atom stereocenters. The molecule has 0 saturated carbocycles.